The molecular formula is C16H21ClN2O2. The maximum absolute atomic E-state index is 11.9. The van der Waals surface area contributed by atoms with Crippen LogP contribution in [-0.2, 0) is 9.59 Å². The van der Waals surface area contributed by atoms with Gasteiger partial charge in [0.15, 0.2) is 0 Å². The second-order valence-corrected chi connectivity index (χ2v) is 5.97. The molecule has 0 heterocycles. The molecule has 2 rings (SSSR count). The van der Waals surface area contributed by atoms with Crippen LogP contribution in [0.4, 0.5) is 5.69 Å². The van der Waals surface area contributed by atoms with Gasteiger partial charge < -0.3 is 10.6 Å². The number of anilines is 1. The maximum atomic E-state index is 11.9. The summed E-state index contributed by atoms with van der Waals surface area (Å²) >= 11 is 5.87. The predicted molar refractivity (Wildman–Crippen MR) is 84.4 cm³/mol. The highest BCUT2D eigenvalue weighted by molar-refractivity contribution is 6.30. The molecule has 0 saturated heterocycles. The van der Waals surface area contributed by atoms with Crippen LogP contribution in [0.3, 0.4) is 0 Å². The number of halogens is 1. The predicted octanol–water partition coefficient (Wildman–Crippen LogP) is 3.28. The molecule has 0 aromatic heterocycles. The van der Waals surface area contributed by atoms with Crippen molar-refractivity contribution in [1.29, 1.82) is 0 Å². The van der Waals surface area contributed by atoms with E-state index in [1.54, 1.807) is 18.2 Å². The van der Waals surface area contributed by atoms with Crippen molar-refractivity contribution >= 4 is 29.1 Å². The fourth-order valence-corrected chi connectivity index (χ4v) is 2.84. The molecular weight excluding hydrogens is 288 g/mol. The van der Waals surface area contributed by atoms with Crippen molar-refractivity contribution < 1.29 is 9.59 Å². The first-order valence-corrected chi connectivity index (χ1v) is 7.78. The minimum absolute atomic E-state index is 0.0861. The zero-order valence-corrected chi connectivity index (χ0v) is 13.0. The first-order valence-electron chi connectivity index (χ1n) is 7.40. The van der Waals surface area contributed by atoms with E-state index >= 15 is 0 Å². The van der Waals surface area contributed by atoms with Crippen LogP contribution in [0.5, 0.6) is 0 Å². The van der Waals surface area contributed by atoms with Crippen LogP contribution in [0, 0.1) is 12.8 Å². The Morgan fingerprint density at radius 3 is 2.67 bits per heavy atom. The Bertz CT molecular complexity index is 525. The lowest BCUT2D eigenvalue weighted by atomic mass is 10.1. The van der Waals surface area contributed by atoms with Crippen molar-refractivity contribution in [3.63, 3.8) is 0 Å². The van der Waals surface area contributed by atoms with E-state index in [0.717, 1.165) is 36.9 Å². The van der Waals surface area contributed by atoms with Crippen LogP contribution in [-0.4, -0.2) is 18.4 Å². The van der Waals surface area contributed by atoms with Gasteiger partial charge in [0.05, 0.1) is 0 Å². The van der Waals surface area contributed by atoms with Crippen molar-refractivity contribution in [2.75, 3.05) is 11.9 Å². The Balaban J connectivity index is 1.73. The first kappa shape index (κ1) is 15.8. The van der Waals surface area contributed by atoms with Gasteiger partial charge in [-0.25, -0.2) is 0 Å². The quantitative estimate of drug-likeness (QED) is 0.877. The van der Waals surface area contributed by atoms with Gasteiger partial charge in [-0.1, -0.05) is 24.4 Å². The Labute approximate surface area is 130 Å². The second kappa shape index (κ2) is 7.46. The third-order valence-corrected chi connectivity index (χ3v) is 4.07. The van der Waals surface area contributed by atoms with Gasteiger partial charge in [0.2, 0.25) is 11.8 Å². The van der Waals surface area contributed by atoms with Crippen molar-refractivity contribution in [3.05, 3.63) is 28.8 Å². The number of nitrogens with one attached hydrogen (secondary N) is 2. The van der Waals surface area contributed by atoms with Crippen LogP contribution in [0.15, 0.2) is 18.2 Å². The molecule has 2 amide bonds. The molecule has 1 fully saturated rings. The monoisotopic (exact) mass is 308 g/mol. The number of amides is 2. The highest BCUT2D eigenvalue weighted by Crippen LogP contribution is 2.24. The third kappa shape index (κ3) is 4.74. The zero-order valence-electron chi connectivity index (χ0n) is 12.2. The van der Waals surface area contributed by atoms with Gasteiger partial charge in [0, 0.05) is 29.6 Å². The molecule has 114 valence electrons. The van der Waals surface area contributed by atoms with E-state index in [2.05, 4.69) is 10.6 Å². The smallest absolute Gasteiger partial charge is 0.226 e. The molecule has 1 aromatic rings. The van der Waals surface area contributed by atoms with E-state index in [0.29, 0.717) is 11.6 Å². The fraction of sp³-hybridized carbons (Fsp3) is 0.500. The fourth-order valence-electron chi connectivity index (χ4n) is 2.61. The lowest BCUT2D eigenvalue weighted by molar-refractivity contribution is -0.124. The number of carbonyl (C=O) groups excluding carboxylic acids is 2. The summed E-state index contributed by atoms with van der Waals surface area (Å²) < 4.78 is 0. The summed E-state index contributed by atoms with van der Waals surface area (Å²) in [5.74, 6) is 0.127. The molecule has 1 aliphatic rings. The number of aryl methyl sites for hydroxylation is 1. The molecule has 21 heavy (non-hydrogen) atoms. The number of rotatable bonds is 5. The average molecular weight is 309 g/mol. The minimum atomic E-state index is -0.104. The van der Waals surface area contributed by atoms with Gasteiger partial charge >= 0.3 is 0 Å². The highest BCUT2D eigenvalue weighted by atomic mass is 35.5. The Morgan fingerprint density at radius 1 is 1.29 bits per heavy atom. The molecule has 2 N–H and O–H groups in total. The van der Waals surface area contributed by atoms with Crippen LogP contribution in [0.1, 0.15) is 37.7 Å². The molecule has 0 atom stereocenters. The van der Waals surface area contributed by atoms with Crippen LogP contribution in [0.2, 0.25) is 5.02 Å². The summed E-state index contributed by atoms with van der Waals surface area (Å²) in [5.41, 5.74) is 1.68. The van der Waals surface area contributed by atoms with E-state index in [1.165, 1.54) is 0 Å². The molecule has 0 unspecified atom stereocenters. The van der Waals surface area contributed by atoms with E-state index in [1.807, 2.05) is 6.92 Å². The summed E-state index contributed by atoms with van der Waals surface area (Å²) in [6, 6.07) is 5.33. The molecule has 1 saturated carbocycles. The molecule has 4 nitrogen and oxygen atoms in total. The van der Waals surface area contributed by atoms with Crippen molar-refractivity contribution in [2.24, 2.45) is 5.92 Å². The van der Waals surface area contributed by atoms with E-state index in [9.17, 15) is 9.59 Å². The second-order valence-electron chi connectivity index (χ2n) is 5.53. The van der Waals surface area contributed by atoms with Gasteiger partial charge in [-0.2, -0.15) is 0 Å². The van der Waals surface area contributed by atoms with Crippen LogP contribution >= 0.6 is 11.6 Å². The summed E-state index contributed by atoms with van der Waals surface area (Å²) in [7, 11) is 0. The topological polar surface area (TPSA) is 58.2 Å². The Morgan fingerprint density at radius 2 is 2.00 bits per heavy atom. The standard InChI is InChI=1S/C16H21ClN2O2/c1-11-10-13(17)6-7-14(11)19-15(20)8-9-18-16(21)12-4-2-3-5-12/h6-7,10,12H,2-5,8-9H2,1H3,(H,18,21)(H,19,20). The molecule has 0 spiro atoms. The van der Waals surface area contributed by atoms with Crippen molar-refractivity contribution in [1.82, 2.24) is 5.32 Å². The average Bonchev–Trinajstić information content (AvgIpc) is 2.96. The van der Waals surface area contributed by atoms with Crippen LogP contribution < -0.4 is 10.6 Å². The van der Waals surface area contributed by atoms with Crippen molar-refractivity contribution in [3.8, 4) is 0 Å². The lowest BCUT2D eigenvalue weighted by Gasteiger charge is -2.11. The summed E-state index contributed by atoms with van der Waals surface area (Å²) in [5, 5.41) is 6.32. The van der Waals surface area contributed by atoms with Gasteiger partial charge in [-0.05, 0) is 43.5 Å². The minimum Gasteiger partial charge on any atom is -0.355 e. The molecule has 0 bridgehead atoms. The Hall–Kier alpha value is -1.55. The molecule has 5 heteroatoms. The molecule has 0 aliphatic heterocycles. The number of carbonyl (C=O) groups is 2. The molecule has 1 aromatic carbocycles. The molecule has 1 aliphatic carbocycles. The maximum Gasteiger partial charge on any atom is 0.226 e. The highest BCUT2D eigenvalue weighted by Gasteiger charge is 2.22. The van der Waals surface area contributed by atoms with Crippen molar-refractivity contribution in [2.45, 2.75) is 39.0 Å². The number of benzene rings is 1. The van der Waals surface area contributed by atoms with Crippen LogP contribution in [0.25, 0.3) is 0 Å². The van der Waals surface area contributed by atoms with Gasteiger partial charge in [-0.3, -0.25) is 9.59 Å². The third-order valence-electron chi connectivity index (χ3n) is 3.84. The van der Waals surface area contributed by atoms with Gasteiger partial charge in [0.1, 0.15) is 0 Å². The normalized spacial score (nSPS) is 15.0. The largest absolute Gasteiger partial charge is 0.355 e. The first-order chi connectivity index (χ1) is 10.1. The SMILES string of the molecule is Cc1cc(Cl)ccc1NC(=O)CCNC(=O)C1CCCC1. The zero-order chi connectivity index (χ0) is 15.2. The summed E-state index contributed by atoms with van der Waals surface area (Å²) in [6.45, 7) is 2.27. The molecule has 0 radical (unpaired) electrons. The van der Waals surface area contributed by atoms with E-state index < -0.39 is 0 Å². The summed E-state index contributed by atoms with van der Waals surface area (Å²) in [6.07, 6.45) is 4.49. The van der Waals surface area contributed by atoms with Gasteiger partial charge in [0.25, 0.3) is 0 Å². The lowest BCUT2D eigenvalue weighted by Crippen LogP contribution is -2.32. The number of hydrogen-bond acceptors (Lipinski definition) is 2. The Kier molecular flexibility index (Phi) is 5.62. The van der Waals surface area contributed by atoms with E-state index in [4.69, 9.17) is 11.6 Å². The summed E-state index contributed by atoms with van der Waals surface area (Å²) in [4.78, 5) is 23.7. The number of hydrogen-bond donors (Lipinski definition) is 2. The van der Waals surface area contributed by atoms with E-state index in [-0.39, 0.29) is 24.2 Å². The van der Waals surface area contributed by atoms with Gasteiger partial charge in [-0.15, -0.1) is 0 Å².